The fourth-order valence-corrected chi connectivity index (χ4v) is 2.49. The van der Waals surface area contributed by atoms with Crippen LogP contribution in [0.4, 0.5) is 8.78 Å². The lowest BCUT2D eigenvalue weighted by Crippen LogP contribution is -2.33. The Balaban J connectivity index is 1.64. The van der Waals surface area contributed by atoms with Crippen LogP contribution >= 0.6 is 0 Å². The number of amides is 1. The van der Waals surface area contributed by atoms with Crippen molar-refractivity contribution in [3.8, 4) is 5.75 Å². The summed E-state index contributed by atoms with van der Waals surface area (Å²) >= 11 is 0. The molecule has 0 bridgehead atoms. The van der Waals surface area contributed by atoms with Crippen LogP contribution in [0.2, 0.25) is 0 Å². The van der Waals surface area contributed by atoms with Crippen LogP contribution in [0.1, 0.15) is 30.1 Å². The molecule has 0 aromatic heterocycles. The van der Waals surface area contributed by atoms with Gasteiger partial charge in [-0.1, -0.05) is 42.5 Å². The minimum absolute atomic E-state index is 0.0237. The van der Waals surface area contributed by atoms with Crippen molar-refractivity contribution in [2.45, 2.75) is 31.6 Å². The van der Waals surface area contributed by atoms with E-state index in [-0.39, 0.29) is 17.7 Å². The van der Waals surface area contributed by atoms with Crippen molar-refractivity contribution in [3.05, 3.63) is 71.8 Å². The van der Waals surface area contributed by atoms with Crippen molar-refractivity contribution >= 4 is 18.0 Å². The molecule has 0 heterocycles. The molecule has 2 aromatic rings. The van der Waals surface area contributed by atoms with Crippen molar-refractivity contribution < 1.29 is 27.8 Å². The van der Waals surface area contributed by atoms with Crippen LogP contribution < -0.4 is 10.1 Å². The molecule has 1 aliphatic carbocycles. The molecule has 1 aliphatic rings. The number of benzene rings is 2. The largest absolute Gasteiger partial charge is 0.444 e. The number of alkyl halides is 2. The van der Waals surface area contributed by atoms with Crippen LogP contribution in [-0.4, -0.2) is 24.5 Å². The molecule has 1 amide bonds. The van der Waals surface area contributed by atoms with E-state index < -0.39 is 18.7 Å². The molecule has 3 rings (SSSR count). The zero-order valence-corrected chi connectivity index (χ0v) is 14.9. The summed E-state index contributed by atoms with van der Waals surface area (Å²) in [6, 6.07) is 14.7. The predicted octanol–water partition coefficient (Wildman–Crippen LogP) is 3.86. The zero-order valence-electron chi connectivity index (χ0n) is 14.9. The predicted molar refractivity (Wildman–Crippen MR) is 98.5 cm³/mol. The highest BCUT2D eigenvalue weighted by molar-refractivity contribution is 5.91. The lowest BCUT2D eigenvalue weighted by molar-refractivity contribution is -0.151. The first kappa shape index (κ1) is 19.5. The molecular weight excluding hydrogens is 368 g/mol. The summed E-state index contributed by atoms with van der Waals surface area (Å²) in [5.41, 5.74) is 1.17. The Hall–Kier alpha value is -3.22. The number of carbonyl (C=O) groups excluding carboxylic acids is 2. The average molecular weight is 387 g/mol. The molecule has 0 aliphatic heterocycles. The number of rotatable bonds is 8. The van der Waals surface area contributed by atoms with E-state index >= 15 is 0 Å². The number of halogens is 2. The molecule has 1 N–H and O–H groups in total. The van der Waals surface area contributed by atoms with Crippen LogP contribution in [-0.2, 0) is 14.3 Å². The minimum Gasteiger partial charge on any atom is -0.444 e. The molecule has 0 saturated heterocycles. The summed E-state index contributed by atoms with van der Waals surface area (Å²) in [5.74, 6) is -1.02. The average Bonchev–Trinajstić information content (AvgIpc) is 3.49. The summed E-state index contributed by atoms with van der Waals surface area (Å²) in [6.45, 7) is -2.90. The third kappa shape index (κ3) is 5.90. The Labute approximate surface area is 161 Å². The van der Waals surface area contributed by atoms with E-state index in [1.165, 1.54) is 36.4 Å². The second-order valence-electron chi connectivity index (χ2n) is 6.29. The van der Waals surface area contributed by atoms with E-state index in [2.05, 4.69) is 10.1 Å². The van der Waals surface area contributed by atoms with Gasteiger partial charge >= 0.3 is 12.6 Å². The van der Waals surface area contributed by atoms with Crippen molar-refractivity contribution in [1.29, 1.82) is 0 Å². The summed E-state index contributed by atoms with van der Waals surface area (Å²) in [7, 11) is 0. The van der Waals surface area contributed by atoms with Crippen molar-refractivity contribution in [1.82, 2.24) is 5.32 Å². The monoisotopic (exact) mass is 387 g/mol. The normalized spacial score (nSPS) is 14.7. The first-order valence-electron chi connectivity index (χ1n) is 8.80. The minimum atomic E-state index is -2.90. The van der Waals surface area contributed by atoms with E-state index in [9.17, 15) is 18.4 Å². The lowest BCUT2D eigenvalue weighted by Gasteiger charge is -2.17. The molecule has 1 saturated carbocycles. The quantitative estimate of drug-likeness (QED) is 0.552. The maximum atomic E-state index is 12.4. The van der Waals surface area contributed by atoms with E-state index in [1.54, 1.807) is 24.3 Å². The van der Waals surface area contributed by atoms with Crippen LogP contribution in [0, 0.1) is 0 Å². The van der Waals surface area contributed by atoms with Gasteiger partial charge in [0.1, 0.15) is 5.75 Å². The topological polar surface area (TPSA) is 64.6 Å². The van der Waals surface area contributed by atoms with E-state index in [0.29, 0.717) is 11.1 Å². The fraction of sp³-hybridized carbons (Fsp3) is 0.238. The maximum Gasteiger partial charge on any atom is 0.387 e. The molecule has 0 radical (unpaired) electrons. The van der Waals surface area contributed by atoms with E-state index in [0.717, 1.165) is 12.8 Å². The van der Waals surface area contributed by atoms with Crippen molar-refractivity contribution in [2.75, 3.05) is 0 Å². The number of ether oxygens (including phenoxy) is 2. The van der Waals surface area contributed by atoms with Gasteiger partial charge in [-0.2, -0.15) is 8.78 Å². The Kier molecular flexibility index (Phi) is 6.37. The summed E-state index contributed by atoms with van der Waals surface area (Å²) in [6.07, 6.45) is 3.46. The Morgan fingerprint density at radius 3 is 2.32 bits per heavy atom. The van der Waals surface area contributed by atoms with E-state index in [4.69, 9.17) is 4.74 Å². The third-order valence-corrected chi connectivity index (χ3v) is 4.02. The van der Waals surface area contributed by atoms with Crippen molar-refractivity contribution in [3.63, 3.8) is 0 Å². The number of carbonyl (C=O) groups is 2. The van der Waals surface area contributed by atoms with Gasteiger partial charge in [-0.3, -0.25) is 4.79 Å². The van der Waals surface area contributed by atoms with Gasteiger partial charge in [-0.25, -0.2) is 4.79 Å². The molecule has 5 nitrogen and oxygen atoms in total. The molecule has 146 valence electrons. The first-order chi connectivity index (χ1) is 13.5. The maximum absolute atomic E-state index is 12.4. The highest BCUT2D eigenvalue weighted by Crippen LogP contribution is 2.23. The summed E-state index contributed by atoms with van der Waals surface area (Å²) < 4.78 is 33.9. The van der Waals surface area contributed by atoms with Crippen molar-refractivity contribution in [2.24, 2.45) is 0 Å². The van der Waals surface area contributed by atoms with Crippen LogP contribution in [0.3, 0.4) is 0 Å². The van der Waals surface area contributed by atoms with Gasteiger partial charge in [0.05, 0.1) is 0 Å². The molecule has 1 fully saturated rings. The van der Waals surface area contributed by atoms with E-state index in [1.807, 2.05) is 6.07 Å². The molecule has 2 aromatic carbocycles. The Morgan fingerprint density at radius 2 is 1.71 bits per heavy atom. The second kappa shape index (κ2) is 9.12. The van der Waals surface area contributed by atoms with Crippen LogP contribution in [0.15, 0.2) is 60.7 Å². The van der Waals surface area contributed by atoms with Gasteiger partial charge in [0.25, 0.3) is 5.91 Å². The zero-order chi connectivity index (χ0) is 19.9. The third-order valence-electron chi connectivity index (χ3n) is 4.02. The number of nitrogens with one attached hydrogen (secondary N) is 1. The first-order valence-corrected chi connectivity index (χ1v) is 8.80. The van der Waals surface area contributed by atoms with Gasteiger partial charge < -0.3 is 14.8 Å². The molecular formula is C21H19F2NO4. The van der Waals surface area contributed by atoms with Crippen LogP contribution in [0.5, 0.6) is 5.75 Å². The van der Waals surface area contributed by atoms with Gasteiger partial charge in [0, 0.05) is 17.7 Å². The highest BCUT2D eigenvalue weighted by Gasteiger charge is 2.30. The Morgan fingerprint density at radius 1 is 1.04 bits per heavy atom. The molecule has 0 unspecified atom stereocenters. The highest BCUT2D eigenvalue weighted by atomic mass is 19.3. The molecule has 28 heavy (non-hydrogen) atoms. The fourth-order valence-electron chi connectivity index (χ4n) is 2.49. The van der Waals surface area contributed by atoms with Gasteiger partial charge in [0.2, 0.25) is 6.10 Å². The number of esters is 1. The Bertz CT molecular complexity index is 833. The molecule has 7 heteroatoms. The smallest absolute Gasteiger partial charge is 0.387 e. The summed E-state index contributed by atoms with van der Waals surface area (Å²) in [5, 5.41) is 2.84. The second-order valence-corrected chi connectivity index (χ2v) is 6.29. The standard InChI is InChI=1S/C21H19F2NO4/c22-21(23)27-17-11-6-14(7-12-17)8-13-18(25)28-19(15-4-2-1-3-5-15)20(26)24-16-9-10-16/h1-8,11-13,16,19,21H,9-10H2,(H,24,26)/b13-8+/t19-/m0/s1. The summed E-state index contributed by atoms with van der Waals surface area (Å²) in [4.78, 5) is 24.6. The SMILES string of the molecule is O=C(/C=C/c1ccc(OC(F)F)cc1)O[C@H](C(=O)NC1CC1)c1ccccc1. The number of hydrogen-bond acceptors (Lipinski definition) is 4. The van der Waals surface area contributed by atoms with Gasteiger partial charge in [0.15, 0.2) is 0 Å². The van der Waals surface area contributed by atoms with Gasteiger partial charge in [-0.05, 0) is 36.6 Å². The molecule has 1 atom stereocenters. The van der Waals surface area contributed by atoms with Gasteiger partial charge in [-0.15, -0.1) is 0 Å². The lowest BCUT2D eigenvalue weighted by atomic mass is 10.1. The molecule has 0 spiro atoms. The number of hydrogen-bond donors (Lipinski definition) is 1. The van der Waals surface area contributed by atoms with Crippen LogP contribution in [0.25, 0.3) is 6.08 Å².